The Bertz CT molecular complexity index is 1220. The summed E-state index contributed by atoms with van der Waals surface area (Å²) >= 11 is 5.25. The summed E-state index contributed by atoms with van der Waals surface area (Å²) in [5, 5.41) is 11.4. The molecule has 0 radical (unpaired) electrons. The fourth-order valence-corrected chi connectivity index (χ4v) is 4.42. The van der Waals surface area contributed by atoms with E-state index in [0.717, 1.165) is 18.2 Å². The van der Waals surface area contributed by atoms with Crippen molar-refractivity contribution in [3.63, 3.8) is 0 Å². The van der Waals surface area contributed by atoms with Crippen molar-refractivity contribution in [2.75, 3.05) is 6.54 Å². The number of benzene rings is 2. The third-order valence-corrected chi connectivity index (χ3v) is 6.06. The molecule has 158 valence electrons. The van der Waals surface area contributed by atoms with Gasteiger partial charge in [-0.3, -0.25) is 28.9 Å². The van der Waals surface area contributed by atoms with Crippen LogP contribution in [0.3, 0.4) is 0 Å². The zero-order chi connectivity index (χ0) is 21.5. The van der Waals surface area contributed by atoms with Crippen LogP contribution >= 0.6 is 12.2 Å². The molecule has 2 aliphatic rings. The Morgan fingerprint density at radius 2 is 1.81 bits per heavy atom. The normalized spacial score (nSPS) is 15.5. The van der Waals surface area contributed by atoms with Gasteiger partial charge in [0.1, 0.15) is 0 Å². The van der Waals surface area contributed by atoms with Gasteiger partial charge in [0, 0.05) is 35.5 Å². The first-order valence-corrected chi connectivity index (χ1v) is 10.8. The molecule has 5 rings (SSSR count). The number of amides is 3. The molecule has 0 atom stereocenters. The van der Waals surface area contributed by atoms with Crippen LogP contribution in [-0.2, 0) is 11.3 Å². The molecule has 8 nitrogen and oxygen atoms in total. The predicted molar refractivity (Wildman–Crippen MR) is 116 cm³/mol. The maximum atomic E-state index is 12.9. The fourth-order valence-electron chi connectivity index (χ4n) is 4.12. The van der Waals surface area contributed by atoms with E-state index in [9.17, 15) is 14.4 Å². The van der Waals surface area contributed by atoms with Crippen LogP contribution in [0.1, 0.15) is 58.3 Å². The van der Waals surface area contributed by atoms with Crippen molar-refractivity contribution < 1.29 is 14.4 Å². The fraction of sp³-hybridized carbons (Fsp3) is 0.318. The van der Waals surface area contributed by atoms with Crippen LogP contribution in [0.5, 0.6) is 0 Å². The second-order valence-corrected chi connectivity index (χ2v) is 8.28. The molecular weight excluding hydrogens is 414 g/mol. The molecule has 1 aliphatic carbocycles. The zero-order valence-electron chi connectivity index (χ0n) is 16.8. The number of nitrogens with one attached hydrogen (secondary N) is 2. The first kappa shape index (κ1) is 19.6. The lowest BCUT2D eigenvalue weighted by atomic mass is 9.94. The summed E-state index contributed by atoms with van der Waals surface area (Å²) in [7, 11) is 0. The van der Waals surface area contributed by atoms with Crippen LogP contribution in [0.2, 0.25) is 0 Å². The summed E-state index contributed by atoms with van der Waals surface area (Å²) in [5.41, 5.74) is 1.06. The van der Waals surface area contributed by atoms with E-state index in [0.29, 0.717) is 46.1 Å². The Balaban J connectivity index is 1.20. The van der Waals surface area contributed by atoms with E-state index in [1.165, 1.54) is 4.90 Å². The van der Waals surface area contributed by atoms with Gasteiger partial charge in [-0.1, -0.05) is 24.3 Å². The highest BCUT2D eigenvalue weighted by Gasteiger charge is 2.32. The van der Waals surface area contributed by atoms with Crippen LogP contribution in [0.4, 0.5) is 0 Å². The average Bonchev–Trinajstić information content (AvgIpc) is 3.54. The third-order valence-electron chi connectivity index (χ3n) is 5.77. The summed E-state index contributed by atoms with van der Waals surface area (Å²) < 4.78 is 2.53. The molecule has 0 saturated heterocycles. The maximum Gasteiger partial charge on any atom is 0.261 e. The van der Waals surface area contributed by atoms with E-state index < -0.39 is 0 Å². The van der Waals surface area contributed by atoms with Crippen molar-refractivity contribution >= 4 is 40.7 Å². The van der Waals surface area contributed by atoms with Crippen LogP contribution in [0.25, 0.3) is 10.8 Å². The largest absolute Gasteiger partial charge is 0.349 e. The summed E-state index contributed by atoms with van der Waals surface area (Å²) in [6, 6.07) is 11.3. The molecule has 3 aromatic rings. The van der Waals surface area contributed by atoms with E-state index in [2.05, 4.69) is 15.5 Å². The van der Waals surface area contributed by atoms with Crippen LogP contribution in [0.15, 0.2) is 36.4 Å². The average molecular weight is 436 g/mol. The molecule has 3 amide bonds. The topological polar surface area (TPSA) is 100 Å². The molecule has 1 aliphatic heterocycles. The smallest absolute Gasteiger partial charge is 0.261 e. The number of aromatic amines is 1. The van der Waals surface area contributed by atoms with Gasteiger partial charge < -0.3 is 5.32 Å². The molecule has 2 aromatic carbocycles. The van der Waals surface area contributed by atoms with E-state index in [-0.39, 0.29) is 30.7 Å². The lowest BCUT2D eigenvalue weighted by molar-refractivity contribution is -0.121. The first-order valence-electron chi connectivity index (χ1n) is 10.3. The highest BCUT2D eigenvalue weighted by Crippen LogP contribution is 2.35. The molecule has 9 heteroatoms. The Morgan fingerprint density at radius 1 is 1.13 bits per heavy atom. The number of aromatic nitrogens is 3. The molecule has 1 saturated carbocycles. The first-order chi connectivity index (χ1) is 15.0. The summed E-state index contributed by atoms with van der Waals surface area (Å²) in [4.78, 5) is 39.3. The van der Waals surface area contributed by atoms with Gasteiger partial charge in [0.05, 0.1) is 6.54 Å². The third kappa shape index (κ3) is 3.54. The Labute approximate surface area is 183 Å². The van der Waals surface area contributed by atoms with Gasteiger partial charge in [0.2, 0.25) is 5.91 Å². The molecule has 0 spiro atoms. The SMILES string of the molecule is O=C(CCCN1C(=O)c2cccc3cccc(c23)C1=O)NCc1n[nH]c(=S)n1C1CC1. The van der Waals surface area contributed by atoms with Crippen molar-refractivity contribution in [2.24, 2.45) is 0 Å². The monoisotopic (exact) mass is 435 g/mol. The van der Waals surface area contributed by atoms with Crippen molar-refractivity contribution in [3.05, 3.63) is 58.1 Å². The van der Waals surface area contributed by atoms with E-state index in [4.69, 9.17) is 12.2 Å². The molecule has 1 aromatic heterocycles. The Kier molecular flexibility index (Phi) is 4.90. The number of rotatable bonds is 7. The summed E-state index contributed by atoms with van der Waals surface area (Å²) in [5.74, 6) is -0.0630. The van der Waals surface area contributed by atoms with Gasteiger partial charge in [0.15, 0.2) is 10.6 Å². The van der Waals surface area contributed by atoms with Gasteiger partial charge in [-0.2, -0.15) is 5.10 Å². The lowest BCUT2D eigenvalue weighted by Gasteiger charge is -2.27. The van der Waals surface area contributed by atoms with Gasteiger partial charge >= 0.3 is 0 Å². The predicted octanol–water partition coefficient (Wildman–Crippen LogP) is 3.12. The Morgan fingerprint density at radius 3 is 2.45 bits per heavy atom. The lowest BCUT2D eigenvalue weighted by Crippen LogP contribution is -2.41. The van der Waals surface area contributed by atoms with Crippen LogP contribution < -0.4 is 5.32 Å². The van der Waals surface area contributed by atoms with Crippen molar-refractivity contribution in [2.45, 2.75) is 38.3 Å². The van der Waals surface area contributed by atoms with Crippen molar-refractivity contribution in [3.8, 4) is 0 Å². The molecule has 0 bridgehead atoms. The summed E-state index contributed by atoms with van der Waals surface area (Å²) in [6.07, 6.45) is 2.74. The number of imide groups is 1. The molecule has 2 heterocycles. The standard InChI is InChI=1S/C22H21N5O3S/c28-18(23-12-17-24-25-22(31)27(17)14-9-10-14)8-3-11-26-20(29)15-6-1-4-13-5-2-7-16(19(13)15)21(26)30/h1-2,4-7,14H,3,8-12H2,(H,23,28)(H,25,31). The second kappa shape index (κ2) is 7.73. The molecule has 31 heavy (non-hydrogen) atoms. The van der Waals surface area contributed by atoms with Gasteiger partial charge in [-0.05, 0) is 49.0 Å². The highest BCUT2D eigenvalue weighted by atomic mass is 32.1. The molecule has 1 fully saturated rings. The quantitative estimate of drug-likeness (QED) is 0.439. The second-order valence-electron chi connectivity index (χ2n) is 7.90. The number of nitrogens with zero attached hydrogens (tertiary/aromatic N) is 3. The number of H-pyrrole nitrogens is 1. The molecule has 0 unspecified atom stereocenters. The van der Waals surface area contributed by atoms with E-state index in [1.54, 1.807) is 12.1 Å². The highest BCUT2D eigenvalue weighted by molar-refractivity contribution is 7.71. The van der Waals surface area contributed by atoms with Crippen molar-refractivity contribution in [1.82, 2.24) is 25.0 Å². The van der Waals surface area contributed by atoms with Gasteiger partial charge in [-0.25, -0.2) is 0 Å². The number of hydrogen-bond donors (Lipinski definition) is 2. The number of hydrogen-bond acceptors (Lipinski definition) is 5. The number of carbonyl (C=O) groups excluding carboxylic acids is 3. The van der Waals surface area contributed by atoms with E-state index in [1.807, 2.05) is 28.8 Å². The molecular formula is C22H21N5O3S. The molecule has 2 N–H and O–H groups in total. The minimum Gasteiger partial charge on any atom is -0.349 e. The van der Waals surface area contributed by atoms with Crippen LogP contribution in [0, 0.1) is 4.77 Å². The minimum absolute atomic E-state index is 0.157. The van der Waals surface area contributed by atoms with Crippen molar-refractivity contribution in [1.29, 1.82) is 0 Å². The zero-order valence-corrected chi connectivity index (χ0v) is 17.6. The summed E-state index contributed by atoms with van der Waals surface area (Å²) in [6.45, 7) is 0.482. The van der Waals surface area contributed by atoms with Gasteiger partial charge in [0.25, 0.3) is 11.8 Å². The minimum atomic E-state index is -0.310. The number of carbonyl (C=O) groups is 3. The maximum absolute atomic E-state index is 12.9. The van der Waals surface area contributed by atoms with Gasteiger partial charge in [-0.15, -0.1) is 0 Å². The van der Waals surface area contributed by atoms with Crippen LogP contribution in [-0.4, -0.2) is 43.9 Å². The Hall–Kier alpha value is -3.33. The van der Waals surface area contributed by atoms with E-state index >= 15 is 0 Å².